The van der Waals surface area contributed by atoms with E-state index in [9.17, 15) is 0 Å². The van der Waals surface area contributed by atoms with Crippen LogP contribution in [0.15, 0.2) is 10.8 Å². The molecular weight excluding hydrogens is 178 g/mol. The Bertz CT molecular complexity index is 291. The second-order valence-electron chi connectivity index (χ2n) is 3.92. The first kappa shape index (κ1) is 9.68. The maximum atomic E-state index is 5.17. The molecule has 1 unspecified atom stereocenters. The number of aryl methyl sites for hydroxylation is 1. The van der Waals surface area contributed by atoms with Crippen LogP contribution in [0.25, 0.3) is 0 Å². The Labute approximate surface area is 84.3 Å². The third-order valence-electron chi connectivity index (χ3n) is 2.90. The van der Waals surface area contributed by atoms with E-state index in [-0.39, 0.29) is 0 Å². The highest BCUT2D eigenvalue weighted by Crippen LogP contribution is 2.12. The van der Waals surface area contributed by atoms with Gasteiger partial charge in [-0.1, -0.05) is 0 Å². The fourth-order valence-electron chi connectivity index (χ4n) is 1.86. The summed E-state index contributed by atoms with van der Waals surface area (Å²) >= 11 is 0. The van der Waals surface area contributed by atoms with Crippen LogP contribution in [0.3, 0.4) is 0 Å². The molecule has 1 aliphatic heterocycles. The maximum Gasteiger partial charge on any atom is 0.181 e. The van der Waals surface area contributed by atoms with Gasteiger partial charge < -0.3 is 9.73 Å². The third-order valence-corrected chi connectivity index (χ3v) is 2.90. The summed E-state index contributed by atoms with van der Waals surface area (Å²) in [5.41, 5.74) is 1.06. The highest BCUT2D eigenvalue weighted by molar-refractivity contribution is 5.04. The molecule has 0 amide bonds. The molecule has 0 spiro atoms. The van der Waals surface area contributed by atoms with Crippen molar-refractivity contribution in [3.8, 4) is 0 Å². The number of hydrogen-bond donors (Lipinski definition) is 1. The Kier molecular flexibility index (Phi) is 2.84. The van der Waals surface area contributed by atoms with Crippen LogP contribution in [0.4, 0.5) is 0 Å². The molecule has 78 valence electrons. The highest BCUT2D eigenvalue weighted by Gasteiger charge is 2.20. The molecule has 4 heteroatoms. The molecular formula is C10H17N3O. The van der Waals surface area contributed by atoms with Crippen LogP contribution in [0.1, 0.15) is 17.9 Å². The molecule has 14 heavy (non-hydrogen) atoms. The summed E-state index contributed by atoms with van der Waals surface area (Å²) in [5, 5.41) is 3.36. The van der Waals surface area contributed by atoms with Gasteiger partial charge in [-0.25, -0.2) is 4.98 Å². The van der Waals surface area contributed by atoms with Gasteiger partial charge >= 0.3 is 0 Å². The van der Waals surface area contributed by atoms with Crippen molar-refractivity contribution in [3.05, 3.63) is 17.8 Å². The molecule has 1 aromatic heterocycles. The Balaban J connectivity index is 1.93. The fourth-order valence-corrected chi connectivity index (χ4v) is 1.86. The van der Waals surface area contributed by atoms with Crippen LogP contribution in [-0.4, -0.2) is 36.1 Å². The quantitative estimate of drug-likeness (QED) is 0.773. The van der Waals surface area contributed by atoms with Crippen molar-refractivity contribution in [1.29, 1.82) is 0 Å². The first-order chi connectivity index (χ1) is 6.77. The van der Waals surface area contributed by atoms with E-state index in [1.165, 1.54) is 12.8 Å². The van der Waals surface area contributed by atoms with Gasteiger partial charge in [-0.3, -0.25) is 4.90 Å². The number of hydrogen-bond acceptors (Lipinski definition) is 4. The molecule has 1 saturated heterocycles. The van der Waals surface area contributed by atoms with E-state index >= 15 is 0 Å². The predicted molar refractivity (Wildman–Crippen MR) is 54.0 cm³/mol. The van der Waals surface area contributed by atoms with Gasteiger partial charge in [0.1, 0.15) is 5.76 Å². The zero-order chi connectivity index (χ0) is 9.97. The van der Waals surface area contributed by atoms with E-state index in [2.05, 4.69) is 22.2 Å². The van der Waals surface area contributed by atoms with Gasteiger partial charge in [0.05, 0.1) is 5.69 Å². The van der Waals surface area contributed by atoms with E-state index in [1.54, 1.807) is 0 Å². The predicted octanol–water partition coefficient (Wildman–Crippen LogP) is 0.777. The Morgan fingerprint density at radius 1 is 1.71 bits per heavy atom. The molecule has 2 rings (SSSR count). The van der Waals surface area contributed by atoms with Crippen molar-refractivity contribution in [2.45, 2.75) is 25.9 Å². The minimum atomic E-state index is 0.645. The summed E-state index contributed by atoms with van der Waals surface area (Å²) in [6.07, 6.45) is 2.75. The molecule has 0 bridgehead atoms. The lowest BCUT2D eigenvalue weighted by Crippen LogP contribution is -2.33. The zero-order valence-electron chi connectivity index (χ0n) is 8.79. The SMILES string of the molecule is Cc1ocnc1CN(C)C1CCNC1. The minimum Gasteiger partial charge on any atom is -0.448 e. The van der Waals surface area contributed by atoms with Gasteiger partial charge in [0.2, 0.25) is 0 Å². The maximum absolute atomic E-state index is 5.17. The lowest BCUT2D eigenvalue weighted by Gasteiger charge is -2.22. The molecule has 2 heterocycles. The molecule has 4 nitrogen and oxygen atoms in total. The Hall–Kier alpha value is -0.870. The zero-order valence-corrected chi connectivity index (χ0v) is 8.79. The highest BCUT2D eigenvalue weighted by atomic mass is 16.3. The number of oxazole rings is 1. The average molecular weight is 195 g/mol. The van der Waals surface area contributed by atoms with Crippen molar-refractivity contribution < 1.29 is 4.42 Å². The molecule has 1 fully saturated rings. The van der Waals surface area contributed by atoms with Gasteiger partial charge in [0.15, 0.2) is 6.39 Å². The van der Waals surface area contributed by atoms with Gasteiger partial charge in [-0.2, -0.15) is 0 Å². The molecule has 0 saturated carbocycles. The second kappa shape index (κ2) is 4.11. The van der Waals surface area contributed by atoms with Crippen LogP contribution >= 0.6 is 0 Å². The third kappa shape index (κ3) is 1.96. The average Bonchev–Trinajstić information content (AvgIpc) is 2.77. The van der Waals surface area contributed by atoms with Crippen molar-refractivity contribution in [2.24, 2.45) is 0 Å². The number of likely N-dealkylation sites (N-methyl/N-ethyl adjacent to an activating group) is 1. The molecule has 0 aromatic carbocycles. The lowest BCUT2D eigenvalue weighted by atomic mass is 10.2. The first-order valence-corrected chi connectivity index (χ1v) is 5.07. The molecule has 0 radical (unpaired) electrons. The van der Waals surface area contributed by atoms with Gasteiger partial charge in [0, 0.05) is 19.1 Å². The van der Waals surface area contributed by atoms with E-state index in [1.807, 2.05) is 6.92 Å². The summed E-state index contributed by atoms with van der Waals surface area (Å²) in [6.45, 7) is 5.07. The van der Waals surface area contributed by atoms with Crippen LogP contribution in [0, 0.1) is 6.92 Å². The smallest absolute Gasteiger partial charge is 0.181 e. The van der Waals surface area contributed by atoms with Crippen molar-refractivity contribution in [1.82, 2.24) is 15.2 Å². The normalized spacial score (nSPS) is 22.1. The van der Waals surface area contributed by atoms with Crippen molar-refractivity contribution >= 4 is 0 Å². The topological polar surface area (TPSA) is 41.3 Å². The summed E-state index contributed by atoms with van der Waals surface area (Å²) in [7, 11) is 2.14. The Morgan fingerprint density at radius 2 is 2.57 bits per heavy atom. The van der Waals surface area contributed by atoms with Crippen LogP contribution in [-0.2, 0) is 6.54 Å². The van der Waals surface area contributed by atoms with E-state index in [4.69, 9.17) is 4.42 Å². The summed E-state index contributed by atoms with van der Waals surface area (Å²) in [5.74, 6) is 0.933. The standard InChI is InChI=1S/C10H17N3O/c1-8-10(12-7-14-8)6-13(2)9-3-4-11-5-9/h7,9,11H,3-6H2,1-2H3. The molecule has 0 aliphatic carbocycles. The van der Waals surface area contributed by atoms with Gasteiger partial charge in [-0.05, 0) is 26.9 Å². The van der Waals surface area contributed by atoms with Crippen molar-refractivity contribution in [2.75, 3.05) is 20.1 Å². The number of nitrogens with zero attached hydrogens (tertiary/aromatic N) is 2. The van der Waals surface area contributed by atoms with E-state index < -0.39 is 0 Å². The lowest BCUT2D eigenvalue weighted by molar-refractivity contribution is 0.245. The van der Waals surface area contributed by atoms with Crippen LogP contribution in [0.2, 0.25) is 0 Å². The molecule has 1 aromatic rings. The number of rotatable bonds is 3. The van der Waals surface area contributed by atoms with Crippen molar-refractivity contribution in [3.63, 3.8) is 0 Å². The second-order valence-corrected chi connectivity index (χ2v) is 3.92. The molecule has 1 N–H and O–H groups in total. The van der Waals surface area contributed by atoms with Crippen LogP contribution in [0.5, 0.6) is 0 Å². The monoisotopic (exact) mass is 195 g/mol. The molecule has 1 aliphatic rings. The van der Waals surface area contributed by atoms with E-state index in [0.29, 0.717) is 6.04 Å². The largest absolute Gasteiger partial charge is 0.448 e. The summed E-state index contributed by atoms with van der Waals surface area (Å²) in [4.78, 5) is 6.54. The van der Waals surface area contributed by atoms with E-state index in [0.717, 1.165) is 31.1 Å². The number of nitrogens with one attached hydrogen (secondary N) is 1. The minimum absolute atomic E-state index is 0.645. The summed E-state index contributed by atoms with van der Waals surface area (Å²) in [6, 6.07) is 0.645. The van der Waals surface area contributed by atoms with Gasteiger partial charge in [0.25, 0.3) is 0 Å². The Morgan fingerprint density at radius 3 is 3.14 bits per heavy atom. The van der Waals surface area contributed by atoms with Crippen LogP contribution < -0.4 is 5.32 Å². The summed E-state index contributed by atoms with van der Waals surface area (Å²) < 4.78 is 5.17. The first-order valence-electron chi connectivity index (χ1n) is 5.07. The fraction of sp³-hybridized carbons (Fsp3) is 0.700. The molecule has 1 atom stereocenters. The van der Waals surface area contributed by atoms with Gasteiger partial charge in [-0.15, -0.1) is 0 Å². The number of aromatic nitrogens is 1.